The van der Waals surface area contributed by atoms with Crippen LogP contribution in [0.3, 0.4) is 0 Å². The van der Waals surface area contributed by atoms with E-state index in [2.05, 4.69) is 13.8 Å². The third-order valence-corrected chi connectivity index (χ3v) is 3.89. The van der Waals surface area contributed by atoms with Crippen LogP contribution in [0.1, 0.15) is 42.7 Å². The van der Waals surface area contributed by atoms with Gasteiger partial charge in [0, 0.05) is 6.54 Å². The predicted molar refractivity (Wildman–Crippen MR) is 75.2 cm³/mol. The first kappa shape index (κ1) is 16.0. The van der Waals surface area contributed by atoms with E-state index in [9.17, 15) is 13.6 Å². The van der Waals surface area contributed by atoms with E-state index in [1.807, 2.05) is 12.1 Å². The van der Waals surface area contributed by atoms with E-state index < -0.39 is 16.3 Å². The van der Waals surface area contributed by atoms with Gasteiger partial charge in [-0.05, 0) is 47.0 Å². The molecule has 0 fully saturated rings. The van der Waals surface area contributed by atoms with Gasteiger partial charge in [0.15, 0.2) is 0 Å². The molecular weight excluding hydrogens is 262 g/mol. The van der Waals surface area contributed by atoms with Gasteiger partial charge < -0.3 is 10.3 Å². The normalized spacial score (nSPS) is 14.4. The zero-order valence-corrected chi connectivity index (χ0v) is 12.3. The highest BCUT2D eigenvalue weighted by Crippen LogP contribution is 2.25. The lowest BCUT2D eigenvalue weighted by Crippen LogP contribution is -2.18. The number of benzene rings is 1. The van der Waals surface area contributed by atoms with Gasteiger partial charge in [0.25, 0.3) is 0 Å². The largest absolute Gasteiger partial charge is 0.772 e. The standard InChI is InChI=1S/C14H21NO3S/c1-9(2)6-11-4-5-13(12(7-11)8-15)14(10(3)16)19(17)18/h4-5,7,9,14H,6,8,15H2,1-3H3,(H,17,18)/p-1. The maximum Gasteiger partial charge on any atom is 0.148 e. The average Bonchev–Trinajstić information content (AvgIpc) is 2.29. The van der Waals surface area contributed by atoms with Crippen molar-refractivity contribution in [3.05, 3.63) is 34.9 Å². The van der Waals surface area contributed by atoms with Gasteiger partial charge in [-0.25, -0.2) is 0 Å². The number of hydrogen-bond acceptors (Lipinski definition) is 4. The van der Waals surface area contributed by atoms with Gasteiger partial charge in [0.1, 0.15) is 11.0 Å². The molecule has 4 nitrogen and oxygen atoms in total. The SMILES string of the molecule is CC(=O)C(c1ccc(CC(C)C)cc1CN)S(=O)[O-]. The van der Waals surface area contributed by atoms with Gasteiger partial charge in [-0.15, -0.1) is 0 Å². The van der Waals surface area contributed by atoms with Crippen LogP contribution in [0.25, 0.3) is 0 Å². The molecule has 0 saturated carbocycles. The summed E-state index contributed by atoms with van der Waals surface area (Å²) in [6.07, 6.45) is 0.901. The Balaban J connectivity index is 3.21. The minimum atomic E-state index is -2.47. The van der Waals surface area contributed by atoms with Crippen LogP contribution in [-0.4, -0.2) is 14.5 Å². The molecule has 0 aliphatic carbocycles. The zero-order chi connectivity index (χ0) is 14.6. The van der Waals surface area contributed by atoms with E-state index >= 15 is 0 Å². The Morgan fingerprint density at radius 1 is 1.42 bits per heavy atom. The molecule has 0 aliphatic heterocycles. The second-order valence-electron chi connectivity index (χ2n) is 5.09. The van der Waals surface area contributed by atoms with Crippen LogP contribution in [0.4, 0.5) is 0 Å². The molecule has 19 heavy (non-hydrogen) atoms. The Hall–Kier alpha value is -1.04. The molecule has 0 radical (unpaired) electrons. The van der Waals surface area contributed by atoms with Crippen LogP contribution in [-0.2, 0) is 28.8 Å². The fourth-order valence-corrected chi connectivity index (χ4v) is 2.86. The molecular formula is C14H20NO3S-. The maximum atomic E-state index is 11.5. The van der Waals surface area contributed by atoms with Gasteiger partial charge in [-0.2, -0.15) is 0 Å². The molecule has 2 atom stereocenters. The van der Waals surface area contributed by atoms with Crippen molar-refractivity contribution in [2.24, 2.45) is 11.7 Å². The van der Waals surface area contributed by atoms with Crippen LogP contribution in [0, 0.1) is 5.92 Å². The Bertz CT molecular complexity index is 472. The van der Waals surface area contributed by atoms with Crippen molar-refractivity contribution < 1.29 is 13.6 Å². The van der Waals surface area contributed by atoms with Crippen LogP contribution < -0.4 is 5.73 Å². The van der Waals surface area contributed by atoms with E-state index in [0.717, 1.165) is 17.5 Å². The molecule has 106 valence electrons. The molecule has 0 spiro atoms. The predicted octanol–water partition coefficient (Wildman–Crippen LogP) is 1.85. The second kappa shape index (κ2) is 6.93. The number of carbonyl (C=O) groups is 1. The molecule has 2 unspecified atom stereocenters. The van der Waals surface area contributed by atoms with E-state index in [4.69, 9.17) is 5.73 Å². The number of nitrogens with two attached hydrogens (primary N) is 1. The minimum Gasteiger partial charge on any atom is -0.772 e. The fraction of sp³-hybridized carbons (Fsp3) is 0.500. The van der Waals surface area contributed by atoms with Crippen molar-refractivity contribution in [2.75, 3.05) is 0 Å². The van der Waals surface area contributed by atoms with Crippen molar-refractivity contribution in [2.45, 2.75) is 39.0 Å². The van der Waals surface area contributed by atoms with Crippen molar-refractivity contribution in [1.29, 1.82) is 0 Å². The molecule has 0 aliphatic rings. The fourth-order valence-electron chi connectivity index (χ4n) is 2.15. The Morgan fingerprint density at radius 2 is 2.05 bits per heavy atom. The molecule has 5 heteroatoms. The summed E-state index contributed by atoms with van der Waals surface area (Å²) in [6, 6.07) is 5.48. The first-order chi connectivity index (χ1) is 8.86. The Kier molecular flexibility index (Phi) is 5.85. The van der Waals surface area contributed by atoms with Gasteiger partial charge in [-0.3, -0.25) is 9.00 Å². The smallest absolute Gasteiger partial charge is 0.148 e. The lowest BCUT2D eigenvalue weighted by Gasteiger charge is -2.21. The van der Waals surface area contributed by atoms with E-state index in [1.54, 1.807) is 6.07 Å². The summed E-state index contributed by atoms with van der Waals surface area (Å²) in [5.41, 5.74) is 8.01. The Labute approximate surface area is 116 Å². The Morgan fingerprint density at radius 3 is 2.47 bits per heavy atom. The molecule has 0 bridgehead atoms. The summed E-state index contributed by atoms with van der Waals surface area (Å²) < 4.78 is 22.4. The quantitative estimate of drug-likeness (QED) is 0.807. The van der Waals surface area contributed by atoms with E-state index in [0.29, 0.717) is 11.5 Å². The van der Waals surface area contributed by atoms with Crippen LogP contribution in [0.5, 0.6) is 0 Å². The van der Waals surface area contributed by atoms with E-state index in [1.165, 1.54) is 6.92 Å². The second-order valence-corrected chi connectivity index (χ2v) is 6.08. The highest BCUT2D eigenvalue weighted by atomic mass is 32.2. The molecule has 2 N–H and O–H groups in total. The molecule has 0 amide bonds. The first-order valence-electron chi connectivity index (χ1n) is 6.27. The van der Waals surface area contributed by atoms with Gasteiger partial charge in [-0.1, -0.05) is 32.0 Å². The number of rotatable bonds is 6. The lowest BCUT2D eigenvalue weighted by atomic mass is 9.95. The molecule has 0 heterocycles. The number of carbonyl (C=O) groups excluding carboxylic acids is 1. The summed E-state index contributed by atoms with van der Waals surface area (Å²) in [4.78, 5) is 11.5. The monoisotopic (exact) mass is 282 g/mol. The third kappa shape index (κ3) is 4.23. The van der Waals surface area contributed by atoms with Crippen molar-refractivity contribution in [3.63, 3.8) is 0 Å². The maximum absolute atomic E-state index is 11.5. The summed E-state index contributed by atoms with van der Waals surface area (Å²) >= 11 is -2.47. The van der Waals surface area contributed by atoms with Crippen LogP contribution in [0.15, 0.2) is 18.2 Å². The molecule has 1 aromatic rings. The molecule has 0 aromatic heterocycles. The topological polar surface area (TPSA) is 83.2 Å². The summed E-state index contributed by atoms with van der Waals surface area (Å²) in [6.45, 7) is 5.73. The summed E-state index contributed by atoms with van der Waals surface area (Å²) in [7, 11) is 0. The van der Waals surface area contributed by atoms with Crippen LogP contribution in [0.2, 0.25) is 0 Å². The summed E-state index contributed by atoms with van der Waals surface area (Å²) in [5.74, 6) is 0.119. The van der Waals surface area contributed by atoms with Crippen molar-refractivity contribution in [1.82, 2.24) is 0 Å². The lowest BCUT2D eigenvalue weighted by molar-refractivity contribution is -0.116. The van der Waals surface area contributed by atoms with E-state index in [-0.39, 0.29) is 12.3 Å². The van der Waals surface area contributed by atoms with Gasteiger partial charge >= 0.3 is 0 Å². The highest BCUT2D eigenvalue weighted by molar-refractivity contribution is 7.80. The minimum absolute atomic E-state index is 0.224. The van der Waals surface area contributed by atoms with Crippen LogP contribution >= 0.6 is 0 Å². The van der Waals surface area contributed by atoms with Crippen molar-refractivity contribution in [3.8, 4) is 0 Å². The van der Waals surface area contributed by atoms with Gasteiger partial charge in [0.2, 0.25) is 0 Å². The average molecular weight is 282 g/mol. The highest BCUT2D eigenvalue weighted by Gasteiger charge is 2.20. The molecule has 0 saturated heterocycles. The number of ketones is 1. The molecule has 1 rings (SSSR count). The summed E-state index contributed by atoms with van der Waals surface area (Å²) in [5, 5.41) is -1.12. The third-order valence-electron chi connectivity index (χ3n) is 2.92. The first-order valence-corrected chi connectivity index (χ1v) is 7.40. The zero-order valence-electron chi connectivity index (χ0n) is 11.5. The molecule has 1 aromatic carbocycles. The van der Waals surface area contributed by atoms with Crippen molar-refractivity contribution >= 4 is 16.9 Å². The number of hydrogen-bond donors (Lipinski definition) is 1. The van der Waals surface area contributed by atoms with Gasteiger partial charge in [0.05, 0.1) is 0 Å². The number of Topliss-reactive ketones (excluding diaryl/α,β-unsaturated/α-hetero) is 1.